The number of aromatic nitrogens is 1. The summed E-state index contributed by atoms with van der Waals surface area (Å²) in [6.07, 6.45) is 1.67. The Morgan fingerprint density at radius 3 is 2.71 bits per heavy atom. The predicted octanol–water partition coefficient (Wildman–Crippen LogP) is 3.28. The van der Waals surface area contributed by atoms with Gasteiger partial charge in [0.05, 0.1) is 18.7 Å². The van der Waals surface area contributed by atoms with Crippen LogP contribution in [0.5, 0.6) is 5.88 Å². The van der Waals surface area contributed by atoms with Crippen LogP contribution in [-0.2, 0) is 0 Å². The molecular weight excluding hydrogens is 236 g/mol. The zero-order chi connectivity index (χ0) is 12.3. The van der Waals surface area contributed by atoms with Gasteiger partial charge in [0.15, 0.2) is 0 Å². The van der Waals surface area contributed by atoms with E-state index in [9.17, 15) is 0 Å². The van der Waals surface area contributed by atoms with Crippen molar-refractivity contribution in [2.45, 2.75) is 0 Å². The fraction of sp³-hybridized carbons (Fsp3) is 0.0769. The molecule has 0 saturated heterocycles. The molecule has 0 saturated carbocycles. The van der Waals surface area contributed by atoms with Gasteiger partial charge in [-0.2, -0.15) is 5.26 Å². The highest BCUT2D eigenvalue weighted by molar-refractivity contribution is 6.30. The van der Waals surface area contributed by atoms with Crippen molar-refractivity contribution >= 4 is 11.6 Å². The fourth-order valence-corrected chi connectivity index (χ4v) is 1.69. The van der Waals surface area contributed by atoms with E-state index in [2.05, 4.69) is 11.1 Å². The van der Waals surface area contributed by atoms with Gasteiger partial charge in [-0.05, 0) is 18.2 Å². The number of methoxy groups -OCH3 is 1. The number of nitriles is 1. The number of hydrogen-bond donors (Lipinski definition) is 0. The first kappa shape index (κ1) is 11.4. The lowest BCUT2D eigenvalue weighted by molar-refractivity contribution is 0.398. The average molecular weight is 245 g/mol. The Balaban J connectivity index is 2.49. The van der Waals surface area contributed by atoms with Gasteiger partial charge in [0, 0.05) is 28.4 Å². The van der Waals surface area contributed by atoms with Crippen molar-refractivity contribution in [1.29, 1.82) is 5.26 Å². The molecule has 0 radical (unpaired) electrons. The van der Waals surface area contributed by atoms with Crippen LogP contribution in [0.3, 0.4) is 0 Å². The molecule has 0 unspecified atom stereocenters. The largest absolute Gasteiger partial charge is 0.481 e. The van der Waals surface area contributed by atoms with Crippen LogP contribution in [0.2, 0.25) is 5.02 Å². The van der Waals surface area contributed by atoms with E-state index in [4.69, 9.17) is 21.6 Å². The van der Waals surface area contributed by atoms with Crippen LogP contribution in [0.1, 0.15) is 5.56 Å². The first-order chi connectivity index (χ1) is 8.24. The van der Waals surface area contributed by atoms with Crippen LogP contribution < -0.4 is 4.74 Å². The monoisotopic (exact) mass is 244 g/mol. The van der Waals surface area contributed by atoms with Gasteiger partial charge in [-0.25, -0.2) is 4.98 Å². The quantitative estimate of drug-likeness (QED) is 0.814. The first-order valence-corrected chi connectivity index (χ1v) is 5.32. The molecule has 1 aromatic carbocycles. The van der Waals surface area contributed by atoms with Crippen LogP contribution in [0.25, 0.3) is 11.1 Å². The summed E-state index contributed by atoms with van der Waals surface area (Å²) in [5.41, 5.74) is 2.20. The van der Waals surface area contributed by atoms with Crippen molar-refractivity contribution < 1.29 is 4.74 Å². The van der Waals surface area contributed by atoms with Gasteiger partial charge in [-0.1, -0.05) is 17.7 Å². The molecule has 0 spiro atoms. The van der Waals surface area contributed by atoms with Crippen molar-refractivity contribution in [2.24, 2.45) is 0 Å². The zero-order valence-corrected chi connectivity index (χ0v) is 9.90. The number of rotatable bonds is 2. The Morgan fingerprint density at radius 1 is 1.29 bits per heavy atom. The second-order valence-electron chi connectivity index (χ2n) is 3.39. The number of hydrogen-bond acceptors (Lipinski definition) is 3. The molecule has 0 N–H and O–H groups in total. The molecule has 0 fully saturated rings. The standard InChI is InChI=1S/C13H9ClN2O/c1-17-13-5-2-9(8-16-13)12-4-3-11(14)6-10(12)7-15/h2-6,8H,1H3. The summed E-state index contributed by atoms with van der Waals surface area (Å²) >= 11 is 5.84. The minimum Gasteiger partial charge on any atom is -0.481 e. The molecule has 0 atom stereocenters. The summed E-state index contributed by atoms with van der Waals surface area (Å²) in [4.78, 5) is 4.11. The maximum Gasteiger partial charge on any atom is 0.212 e. The second-order valence-corrected chi connectivity index (χ2v) is 3.83. The van der Waals surface area contributed by atoms with Crippen molar-refractivity contribution in [1.82, 2.24) is 4.98 Å². The van der Waals surface area contributed by atoms with Crippen molar-refractivity contribution in [3.63, 3.8) is 0 Å². The zero-order valence-electron chi connectivity index (χ0n) is 9.14. The van der Waals surface area contributed by atoms with Crippen molar-refractivity contribution in [3.05, 3.63) is 47.1 Å². The van der Waals surface area contributed by atoms with Crippen molar-refractivity contribution in [3.8, 4) is 23.1 Å². The minimum atomic E-state index is 0.532. The summed E-state index contributed by atoms with van der Waals surface area (Å²) in [6.45, 7) is 0. The maximum absolute atomic E-state index is 9.05. The Kier molecular flexibility index (Phi) is 3.27. The van der Waals surface area contributed by atoms with Crippen LogP contribution in [0.15, 0.2) is 36.5 Å². The molecular formula is C13H9ClN2O. The second kappa shape index (κ2) is 4.86. The Labute approximate surface area is 104 Å². The van der Waals surface area contributed by atoms with Gasteiger partial charge in [-0.3, -0.25) is 0 Å². The smallest absolute Gasteiger partial charge is 0.212 e. The number of nitrogens with zero attached hydrogens (tertiary/aromatic N) is 2. The van der Waals surface area contributed by atoms with Gasteiger partial charge in [0.25, 0.3) is 0 Å². The number of pyridine rings is 1. The Bertz CT molecular complexity index is 573. The summed E-state index contributed by atoms with van der Waals surface area (Å²) in [6, 6.07) is 10.9. The van der Waals surface area contributed by atoms with E-state index in [0.717, 1.165) is 11.1 Å². The molecule has 0 amide bonds. The summed E-state index contributed by atoms with van der Waals surface area (Å²) in [7, 11) is 1.56. The third-order valence-corrected chi connectivity index (χ3v) is 2.59. The Morgan fingerprint density at radius 2 is 2.12 bits per heavy atom. The summed E-state index contributed by atoms with van der Waals surface area (Å²) in [5.74, 6) is 0.543. The van der Waals surface area contributed by atoms with Gasteiger partial charge >= 0.3 is 0 Å². The topological polar surface area (TPSA) is 45.9 Å². The molecule has 4 heteroatoms. The van der Waals surface area contributed by atoms with Gasteiger partial charge < -0.3 is 4.74 Å². The average Bonchev–Trinajstić information content (AvgIpc) is 2.39. The van der Waals surface area contributed by atoms with E-state index in [1.807, 2.05) is 12.1 Å². The lowest BCUT2D eigenvalue weighted by Gasteiger charge is -2.05. The molecule has 0 aliphatic carbocycles. The van der Waals surface area contributed by atoms with Gasteiger partial charge in [0.2, 0.25) is 5.88 Å². The summed E-state index contributed by atoms with van der Waals surface area (Å²) in [5, 5.41) is 9.60. The first-order valence-electron chi connectivity index (χ1n) is 4.94. The van der Waals surface area contributed by atoms with Crippen LogP contribution in [0.4, 0.5) is 0 Å². The van der Waals surface area contributed by atoms with E-state index in [1.54, 1.807) is 31.5 Å². The Hall–Kier alpha value is -2.05. The number of ether oxygens (including phenoxy) is 1. The molecule has 0 bridgehead atoms. The predicted molar refractivity (Wildman–Crippen MR) is 66.0 cm³/mol. The molecule has 2 aromatic rings. The number of benzene rings is 1. The highest BCUT2D eigenvalue weighted by Crippen LogP contribution is 2.26. The van der Waals surface area contributed by atoms with Gasteiger partial charge in [0.1, 0.15) is 0 Å². The highest BCUT2D eigenvalue weighted by Gasteiger charge is 2.06. The van der Waals surface area contributed by atoms with E-state index in [0.29, 0.717) is 16.5 Å². The molecule has 0 aliphatic rings. The molecule has 17 heavy (non-hydrogen) atoms. The third-order valence-electron chi connectivity index (χ3n) is 2.36. The van der Waals surface area contributed by atoms with E-state index in [1.165, 1.54) is 0 Å². The van der Waals surface area contributed by atoms with E-state index < -0.39 is 0 Å². The normalized spacial score (nSPS) is 9.71. The van der Waals surface area contributed by atoms with Crippen LogP contribution in [0, 0.1) is 11.3 Å². The minimum absolute atomic E-state index is 0.532. The third kappa shape index (κ3) is 2.38. The molecule has 1 heterocycles. The molecule has 2 rings (SSSR count). The van der Waals surface area contributed by atoms with Crippen LogP contribution >= 0.6 is 11.6 Å². The van der Waals surface area contributed by atoms with Crippen LogP contribution in [-0.4, -0.2) is 12.1 Å². The lowest BCUT2D eigenvalue weighted by Crippen LogP contribution is -1.89. The van der Waals surface area contributed by atoms with E-state index >= 15 is 0 Å². The molecule has 3 nitrogen and oxygen atoms in total. The summed E-state index contributed by atoms with van der Waals surface area (Å²) < 4.78 is 4.98. The molecule has 0 aliphatic heterocycles. The fourth-order valence-electron chi connectivity index (χ4n) is 1.52. The molecule has 1 aromatic heterocycles. The number of halogens is 1. The van der Waals surface area contributed by atoms with Crippen molar-refractivity contribution in [2.75, 3.05) is 7.11 Å². The lowest BCUT2D eigenvalue weighted by atomic mass is 10.0. The molecule has 84 valence electrons. The maximum atomic E-state index is 9.05. The van der Waals surface area contributed by atoms with E-state index in [-0.39, 0.29) is 0 Å². The highest BCUT2D eigenvalue weighted by atomic mass is 35.5. The SMILES string of the molecule is COc1ccc(-c2ccc(Cl)cc2C#N)cn1. The van der Waals surface area contributed by atoms with Gasteiger partial charge in [-0.15, -0.1) is 0 Å².